The molecule has 2 fully saturated rings. The van der Waals surface area contributed by atoms with Crippen LogP contribution >= 0.6 is 0 Å². The lowest BCUT2D eigenvalue weighted by molar-refractivity contribution is -0.160. The van der Waals surface area contributed by atoms with Gasteiger partial charge in [-0.3, -0.25) is 4.79 Å². The molecule has 2 heterocycles. The standard InChI is InChI=1S/C13H22N2O3/c1-2-6-15(10-16)13(12(17)18)5-8-14-7-3-4-11(14)9-13/h10-11H,2-9H2,1H3,(H,17,18). The predicted octanol–water partition coefficient (Wildman–Crippen LogP) is 0.936. The maximum Gasteiger partial charge on any atom is 0.329 e. The van der Waals surface area contributed by atoms with Gasteiger partial charge in [-0.25, -0.2) is 4.79 Å². The van der Waals surface area contributed by atoms with Crippen LogP contribution in [0, 0.1) is 0 Å². The molecule has 0 aliphatic carbocycles. The number of carboxylic acid groups (broad SMARTS) is 1. The average molecular weight is 254 g/mol. The van der Waals surface area contributed by atoms with E-state index in [1.807, 2.05) is 6.92 Å². The van der Waals surface area contributed by atoms with Gasteiger partial charge >= 0.3 is 5.97 Å². The molecule has 2 aliphatic rings. The average Bonchev–Trinajstić information content (AvgIpc) is 2.82. The lowest BCUT2D eigenvalue weighted by Crippen LogP contribution is -2.61. The van der Waals surface area contributed by atoms with Gasteiger partial charge in [0, 0.05) is 19.1 Å². The van der Waals surface area contributed by atoms with Crippen molar-refractivity contribution < 1.29 is 14.7 Å². The summed E-state index contributed by atoms with van der Waals surface area (Å²) in [5.41, 5.74) is -0.969. The van der Waals surface area contributed by atoms with E-state index in [4.69, 9.17) is 0 Å². The van der Waals surface area contributed by atoms with Crippen LogP contribution in [0.5, 0.6) is 0 Å². The zero-order valence-electron chi connectivity index (χ0n) is 11.0. The zero-order chi connectivity index (χ0) is 13.2. The molecule has 0 spiro atoms. The third-order valence-electron chi connectivity index (χ3n) is 4.42. The Labute approximate surface area is 108 Å². The number of nitrogens with zero attached hydrogens (tertiary/aromatic N) is 2. The normalized spacial score (nSPS) is 31.9. The number of hydrogen-bond donors (Lipinski definition) is 1. The molecule has 1 N–H and O–H groups in total. The highest BCUT2D eigenvalue weighted by molar-refractivity contribution is 5.81. The maximum atomic E-state index is 11.7. The van der Waals surface area contributed by atoms with Crippen molar-refractivity contribution in [3.05, 3.63) is 0 Å². The minimum Gasteiger partial charge on any atom is -0.479 e. The van der Waals surface area contributed by atoms with E-state index in [2.05, 4.69) is 4.90 Å². The highest BCUT2D eigenvalue weighted by Gasteiger charge is 2.50. The van der Waals surface area contributed by atoms with E-state index in [0.717, 1.165) is 38.8 Å². The SMILES string of the molecule is CCCN(C=O)C1(C(=O)O)CCN2CCCC2C1. The van der Waals surface area contributed by atoms with Crippen LogP contribution in [0.3, 0.4) is 0 Å². The summed E-state index contributed by atoms with van der Waals surface area (Å²) in [7, 11) is 0. The van der Waals surface area contributed by atoms with E-state index in [1.54, 1.807) is 0 Å². The Morgan fingerprint density at radius 3 is 2.94 bits per heavy atom. The van der Waals surface area contributed by atoms with E-state index in [1.165, 1.54) is 4.90 Å². The van der Waals surface area contributed by atoms with Crippen molar-refractivity contribution in [3.63, 3.8) is 0 Å². The summed E-state index contributed by atoms with van der Waals surface area (Å²) in [6.07, 6.45) is 4.87. The molecule has 0 aromatic rings. The minimum atomic E-state index is -0.969. The van der Waals surface area contributed by atoms with Crippen LogP contribution in [-0.4, -0.2) is 58.5 Å². The van der Waals surface area contributed by atoms with Crippen LogP contribution in [0.1, 0.15) is 39.0 Å². The van der Waals surface area contributed by atoms with E-state index in [-0.39, 0.29) is 0 Å². The summed E-state index contributed by atoms with van der Waals surface area (Å²) in [6.45, 7) is 4.37. The first-order valence-corrected chi connectivity index (χ1v) is 6.83. The number of rotatable bonds is 5. The van der Waals surface area contributed by atoms with Gasteiger partial charge in [0.1, 0.15) is 5.54 Å². The summed E-state index contributed by atoms with van der Waals surface area (Å²) in [4.78, 5) is 26.9. The van der Waals surface area contributed by atoms with E-state index in [0.29, 0.717) is 25.4 Å². The number of carboxylic acids is 1. The van der Waals surface area contributed by atoms with Gasteiger partial charge in [0.15, 0.2) is 0 Å². The molecule has 2 saturated heterocycles. The molecule has 0 aromatic heterocycles. The molecule has 18 heavy (non-hydrogen) atoms. The van der Waals surface area contributed by atoms with Crippen LogP contribution < -0.4 is 0 Å². The first-order valence-electron chi connectivity index (χ1n) is 6.83. The van der Waals surface area contributed by atoms with Crippen LogP contribution in [0.25, 0.3) is 0 Å². The van der Waals surface area contributed by atoms with E-state index in [9.17, 15) is 14.7 Å². The van der Waals surface area contributed by atoms with Crippen LogP contribution in [0.2, 0.25) is 0 Å². The van der Waals surface area contributed by atoms with Gasteiger partial charge in [-0.15, -0.1) is 0 Å². The molecular weight excluding hydrogens is 232 g/mol. The Morgan fingerprint density at radius 1 is 1.56 bits per heavy atom. The lowest BCUT2D eigenvalue weighted by Gasteiger charge is -2.46. The first-order chi connectivity index (χ1) is 8.64. The van der Waals surface area contributed by atoms with Crippen molar-refractivity contribution in [3.8, 4) is 0 Å². The summed E-state index contributed by atoms with van der Waals surface area (Å²) in [5.74, 6) is -0.838. The number of carbonyl (C=O) groups excluding carboxylic acids is 1. The monoisotopic (exact) mass is 254 g/mol. The maximum absolute atomic E-state index is 11.7. The quantitative estimate of drug-likeness (QED) is 0.742. The summed E-state index contributed by atoms with van der Waals surface area (Å²) in [6, 6.07) is 0.342. The minimum absolute atomic E-state index is 0.342. The summed E-state index contributed by atoms with van der Waals surface area (Å²) >= 11 is 0. The van der Waals surface area contributed by atoms with Gasteiger partial charge in [0.05, 0.1) is 0 Å². The molecule has 0 radical (unpaired) electrons. The molecule has 2 unspecified atom stereocenters. The Bertz CT molecular complexity index is 334. The van der Waals surface area contributed by atoms with Crippen LogP contribution in [0.15, 0.2) is 0 Å². The smallest absolute Gasteiger partial charge is 0.329 e. The Hall–Kier alpha value is -1.10. The number of fused-ring (bicyclic) bond motifs is 1. The van der Waals surface area contributed by atoms with Crippen LogP contribution in [-0.2, 0) is 9.59 Å². The van der Waals surface area contributed by atoms with Gasteiger partial charge < -0.3 is 14.9 Å². The number of hydrogen-bond acceptors (Lipinski definition) is 3. The number of aliphatic carboxylic acids is 1. The lowest BCUT2D eigenvalue weighted by atomic mass is 9.81. The Morgan fingerprint density at radius 2 is 2.33 bits per heavy atom. The highest BCUT2D eigenvalue weighted by Crippen LogP contribution is 2.36. The zero-order valence-corrected chi connectivity index (χ0v) is 11.0. The molecule has 102 valence electrons. The Balaban J connectivity index is 2.21. The van der Waals surface area contributed by atoms with Crippen molar-refractivity contribution in [2.45, 2.75) is 50.6 Å². The van der Waals surface area contributed by atoms with E-state index < -0.39 is 11.5 Å². The van der Waals surface area contributed by atoms with Crippen molar-refractivity contribution in [1.82, 2.24) is 9.80 Å². The number of piperidine rings is 1. The van der Waals surface area contributed by atoms with Gasteiger partial charge in [0.2, 0.25) is 6.41 Å². The third kappa shape index (κ3) is 2.11. The molecule has 0 aromatic carbocycles. The van der Waals surface area contributed by atoms with Crippen molar-refractivity contribution in [2.24, 2.45) is 0 Å². The summed E-state index contributed by atoms with van der Waals surface area (Å²) in [5, 5.41) is 9.62. The molecule has 2 rings (SSSR count). The molecule has 5 heteroatoms. The first kappa shape index (κ1) is 13.3. The molecule has 0 saturated carbocycles. The Kier molecular flexibility index (Phi) is 3.90. The predicted molar refractivity (Wildman–Crippen MR) is 67.3 cm³/mol. The van der Waals surface area contributed by atoms with Crippen LogP contribution in [0.4, 0.5) is 0 Å². The van der Waals surface area contributed by atoms with Crippen molar-refractivity contribution in [2.75, 3.05) is 19.6 Å². The second kappa shape index (κ2) is 5.26. The number of amides is 1. The topological polar surface area (TPSA) is 60.9 Å². The molecule has 2 aliphatic heterocycles. The number of carbonyl (C=O) groups is 2. The fraction of sp³-hybridized carbons (Fsp3) is 0.846. The van der Waals surface area contributed by atoms with Crippen molar-refractivity contribution >= 4 is 12.4 Å². The van der Waals surface area contributed by atoms with Gasteiger partial charge in [-0.1, -0.05) is 6.92 Å². The fourth-order valence-corrected chi connectivity index (χ4v) is 3.43. The second-order valence-corrected chi connectivity index (χ2v) is 5.42. The van der Waals surface area contributed by atoms with Gasteiger partial charge in [-0.05, 0) is 38.6 Å². The van der Waals surface area contributed by atoms with Gasteiger partial charge in [-0.2, -0.15) is 0 Å². The molecule has 1 amide bonds. The molecule has 2 atom stereocenters. The van der Waals surface area contributed by atoms with Crippen molar-refractivity contribution in [1.29, 1.82) is 0 Å². The molecular formula is C13H22N2O3. The molecule has 5 nitrogen and oxygen atoms in total. The fourth-order valence-electron chi connectivity index (χ4n) is 3.43. The van der Waals surface area contributed by atoms with Gasteiger partial charge in [0.25, 0.3) is 0 Å². The highest BCUT2D eigenvalue weighted by atomic mass is 16.4. The second-order valence-electron chi connectivity index (χ2n) is 5.42. The third-order valence-corrected chi connectivity index (χ3v) is 4.42. The molecule has 0 bridgehead atoms. The summed E-state index contributed by atoms with van der Waals surface area (Å²) < 4.78 is 0. The van der Waals surface area contributed by atoms with E-state index >= 15 is 0 Å². The largest absolute Gasteiger partial charge is 0.479 e.